The molecule has 1 aromatic carbocycles. The lowest BCUT2D eigenvalue weighted by Gasteiger charge is -2.32. The van der Waals surface area contributed by atoms with Crippen LogP contribution in [0.5, 0.6) is 5.75 Å². The summed E-state index contributed by atoms with van der Waals surface area (Å²) in [7, 11) is 1.63. The fraction of sp³-hybridized carbons (Fsp3) is 0.217. The predicted octanol–water partition coefficient (Wildman–Crippen LogP) is 3.67. The van der Waals surface area contributed by atoms with E-state index in [2.05, 4.69) is 15.0 Å². The number of carbonyl (C=O) groups excluding carboxylic acids is 1. The van der Waals surface area contributed by atoms with E-state index < -0.39 is 6.10 Å². The fourth-order valence-corrected chi connectivity index (χ4v) is 3.95. The molecular formula is C23H20ClN5O3. The highest BCUT2D eigenvalue weighted by Crippen LogP contribution is 2.30. The molecule has 4 aromatic rings. The topological polar surface area (TPSA) is 81.9 Å². The zero-order valence-corrected chi connectivity index (χ0v) is 18.1. The first-order valence-corrected chi connectivity index (χ1v) is 10.5. The quantitative estimate of drug-likeness (QED) is 0.473. The van der Waals surface area contributed by atoms with E-state index in [-0.39, 0.29) is 5.91 Å². The number of amides is 1. The molecule has 1 aliphatic rings. The van der Waals surface area contributed by atoms with Crippen molar-refractivity contribution in [3.05, 3.63) is 77.6 Å². The number of hydrogen-bond donors (Lipinski definition) is 0. The summed E-state index contributed by atoms with van der Waals surface area (Å²) < 4.78 is 13.0. The van der Waals surface area contributed by atoms with Gasteiger partial charge in [0.25, 0.3) is 5.91 Å². The van der Waals surface area contributed by atoms with Crippen LogP contribution in [0.3, 0.4) is 0 Å². The summed E-state index contributed by atoms with van der Waals surface area (Å²) in [5.74, 6) is 0.603. The minimum Gasteiger partial charge on any atom is -0.497 e. The Hall–Kier alpha value is -3.49. The van der Waals surface area contributed by atoms with Crippen LogP contribution in [0.2, 0.25) is 5.02 Å². The largest absolute Gasteiger partial charge is 0.497 e. The van der Waals surface area contributed by atoms with Gasteiger partial charge in [-0.25, -0.2) is 4.98 Å². The second-order valence-corrected chi connectivity index (χ2v) is 7.80. The summed E-state index contributed by atoms with van der Waals surface area (Å²) in [6.45, 7) is 1.23. The van der Waals surface area contributed by atoms with Crippen LogP contribution in [-0.4, -0.2) is 57.0 Å². The van der Waals surface area contributed by atoms with Crippen LogP contribution in [0.25, 0.3) is 16.9 Å². The number of rotatable bonds is 4. The molecular weight excluding hydrogens is 430 g/mol. The van der Waals surface area contributed by atoms with Gasteiger partial charge >= 0.3 is 0 Å². The molecule has 32 heavy (non-hydrogen) atoms. The molecule has 1 fully saturated rings. The predicted molar refractivity (Wildman–Crippen MR) is 119 cm³/mol. The molecule has 0 bridgehead atoms. The lowest BCUT2D eigenvalue weighted by Crippen LogP contribution is -2.42. The lowest BCUT2D eigenvalue weighted by atomic mass is 10.0. The average Bonchev–Trinajstić information content (AvgIpc) is 3.27. The standard InChI is InChI=1S/C23H20ClN5O3/c1-31-17-5-2-15(3-6-17)21-22(26-9-8-25-21)19-14-28(10-11-32-19)23(30)18-13-29-12-16(24)4-7-20(29)27-18/h2-9,12-13,19H,10-11,14H2,1H3. The molecule has 1 amide bonds. The van der Waals surface area contributed by atoms with Gasteiger partial charge in [-0.3, -0.25) is 14.8 Å². The first-order chi connectivity index (χ1) is 15.6. The van der Waals surface area contributed by atoms with Crippen molar-refractivity contribution in [2.24, 2.45) is 0 Å². The number of pyridine rings is 1. The van der Waals surface area contributed by atoms with Crippen LogP contribution in [0.15, 0.2) is 61.2 Å². The summed E-state index contributed by atoms with van der Waals surface area (Å²) in [5.41, 5.74) is 3.34. The van der Waals surface area contributed by atoms with E-state index in [9.17, 15) is 4.79 Å². The molecule has 0 saturated carbocycles. The van der Waals surface area contributed by atoms with Gasteiger partial charge in [-0.15, -0.1) is 0 Å². The Balaban J connectivity index is 1.40. The molecule has 1 unspecified atom stereocenters. The summed E-state index contributed by atoms with van der Waals surface area (Å²) in [6, 6.07) is 11.1. The molecule has 0 N–H and O–H groups in total. The van der Waals surface area contributed by atoms with E-state index in [1.807, 2.05) is 24.3 Å². The van der Waals surface area contributed by atoms with Gasteiger partial charge in [-0.05, 0) is 36.4 Å². The van der Waals surface area contributed by atoms with Crippen molar-refractivity contribution in [3.63, 3.8) is 0 Å². The van der Waals surface area contributed by atoms with E-state index in [4.69, 9.17) is 21.1 Å². The van der Waals surface area contributed by atoms with Gasteiger partial charge in [0, 0.05) is 36.9 Å². The van der Waals surface area contributed by atoms with E-state index >= 15 is 0 Å². The number of hydrogen-bond acceptors (Lipinski definition) is 6. The molecule has 0 aliphatic carbocycles. The third kappa shape index (κ3) is 3.90. The van der Waals surface area contributed by atoms with E-state index in [0.717, 1.165) is 17.0 Å². The van der Waals surface area contributed by atoms with Gasteiger partial charge in [-0.1, -0.05) is 11.6 Å². The summed E-state index contributed by atoms with van der Waals surface area (Å²) >= 11 is 6.05. The number of carbonyl (C=O) groups is 1. The molecule has 8 nitrogen and oxygen atoms in total. The fourth-order valence-electron chi connectivity index (χ4n) is 3.78. The van der Waals surface area contributed by atoms with Gasteiger partial charge < -0.3 is 18.8 Å². The Bertz CT molecular complexity index is 1270. The smallest absolute Gasteiger partial charge is 0.274 e. The van der Waals surface area contributed by atoms with Crippen molar-refractivity contribution in [2.45, 2.75) is 6.10 Å². The molecule has 162 valence electrons. The van der Waals surface area contributed by atoms with Crippen molar-refractivity contribution < 1.29 is 14.3 Å². The number of nitrogens with zero attached hydrogens (tertiary/aromatic N) is 5. The van der Waals surface area contributed by atoms with Crippen molar-refractivity contribution in [1.82, 2.24) is 24.3 Å². The molecule has 4 heterocycles. The molecule has 3 aromatic heterocycles. The second kappa shape index (κ2) is 8.57. The normalized spacial score (nSPS) is 16.3. The molecule has 0 radical (unpaired) electrons. The Morgan fingerprint density at radius 2 is 1.94 bits per heavy atom. The monoisotopic (exact) mass is 449 g/mol. The molecule has 1 saturated heterocycles. The number of imidazole rings is 1. The van der Waals surface area contributed by atoms with Crippen molar-refractivity contribution in [2.75, 3.05) is 26.8 Å². The van der Waals surface area contributed by atoms with Gasteiger partial charge in [0.15, 0.2) is 0 Å². The molecule has 0 spiro atoms. The van der Waals surface area contributed by atoms with Crippen LogP contribution in [0.4, 0.5) is 0 Å². The highest BCUT2D eigenvalue weighted by atomic mass is 35.5. The number of morpholine rings is 1. The van der Waals surface area contributed by atoms with Crippen LogP contribution in [0, 0.1) is 0 Å². The lowest BCUT2D eigenvalue weighted by molar-refractivity contribution is -0.0247. The number of methoxy groups -OCH3 is 1. The summed E-state index contributed by atoms with van der Waals surface area (Å²) in [4.78, 5) is 28.4. The number of aromatic nitrogens is 4. The Labute approximate surface area is 189 Å². The third-order valence-corrected chi connectivity index (χ3v) is 5.61. The molecule has 9 heteroatoms. The van der Waals surface area contributed by atoms with Crippen LogP contribution in [0.1, 0.15) is 22.3 Å². The number of benzene rings is 1. The zero-order chi connectivity index (χ0) is 22.1. The minimum atomic E-state index is -0.398. The summed E-state index contributed by atoms with van der Waals surface area (Å²) in [5, 5.41) is 0.578. The van der Waals surface area contributed by atoms with Gasteiger partial charge in [0.2, 0.25) is 0 Å². The maximum Gasteiger partial charge on any atom is 0.274 e. The van der Waals surface area contributed by atoms with Crippen molar-refractivity contribution in [1.29, 1.82) is 0 Å². The van der Waals surface area contributed by atoms with Crippen LogP contribution < -0.4 is 4.74 Å². The second-order valence-electron chi connectivity index (χ2n) is 7.37. The maximum absolute atomic E-state index is 13.2. The number of fused-ring (bicyclic) bond motifs is 1. The number of ether oxygens (including phenoxy) is 2. The van der Waals surface area contributed by atoms with Crippen LogP contribution >= 0.6 is 11.6 Å². The van der Waals surface area contributed by atoms with Gasteiger partial charge in [0.05, 0.1) is 36.7 Å². The Morgan fingerprint density at radius 3 is 2.75 bits per heavy atom. The van der Waals surface area contributed by atoms with Crippen LogP contribution in [-0.2, 0) is 4.74 Å². The summed E-state index contributed by atoms with van der Waals surface area (Å²) in [6.07, 6.45) is 6.31. The first kappa shape index (κ1) is 20.4. The first-order valence-electron chi connectivity index (χ1n) is 10.1. The molecule has 1 atom stereocenters. The highest BCUT2D eigenvalue weighted by molar-refractivity contribution is 6.30. The molecule has 1 aliphatic heterocycles. The average molecular weight is 450 g/mol. The molecule has 5 rings (SSSR count). The van der Waals surface area contributed by atoms with Gasteiger partial charge in [-0.2, -0.15) is 0 Å². The van der Waals surface area contributed by atoms with Crippen molar-refractivity contribution in [3.8, 4) is 17.0 Å². The Morgan fingerprint density at radius 1 is 1.12 bits per heavy atom. The minimum absolute atomic E-state index is 0.159. The maximum atomic E-state index is 13.2. The van der Waals surface area contributed by atoms with E-state index in [1.54, 1.807) is 53.3 Å². The number of halogens is 1. The Kier molecular flexibility index (Phi) is 5.46. The van der Waals surface area contributed by atoms with Gasteiger partial charge in [0.1, 0.15) is 23.2 Å². The van der Waals surface area contributed by atoms with E-state index in [1.165, 1.54) is 0 Å². The van der Waals surface area contributed by atoms with E-state index in [0.29, 0.717) is 41.8 Å². The highest BCUT2D eigenvalue weighted by Gasteiger charge is 2.30. The van der Waals surface area contributed by atoms with Crippen molar-refractivity contribution >= 4 is 23.2 Å². The zero-order valence-electron chi connectivity index (χ0n) is 17.3. The third-order valence-electron chi connectivity index (χ3n) is 5.38. The SMILES string of the molecule is COc1ccc(-c2nccnc2C2CN(C(=O)c3cn4cc(Cl)ccc4n3)CCO2)cc1.